The lowest BCUT2D eigenvalue weighted by molar-refractivity contribution is 0.619. The first-order valence-electron chi connectivity index (χ1n) is 5.27. The van der Waals surface area contributed by atoms with Crippen LogP contribution in [0.4, 0.5) is 5.69 Å². The smallest absolute Gasteiger partial charge is 0.0485 e. The van der Waals surface area contributed by atoms with Crippen LogP contribution in [0.15, 0.2) is 24.3 Å². The van der Waals surface area contributed by atoms with E-state index in [0.29, 0.717) is 11.7 Å². The van der Waals surface area contributed by atoms with Gasteiger partial charge in [-0.3, -0.25) is 4.21 Å². The summed E-state index contributed by atoms with van der Waals surface area (Å²) in [6, 6.07) is 7.61. The fourth-order valence-corrected chi connectivity index (χ4v) is 2.68. The average molecular weight is 225 g/mol. The Morgan fingerprint density at radius 2 is 1.87 bits per heavy atom. The largest absolute Gasteiger partial charge is 0.399 e. The van der Waals surface area contributed by atoms with Gasteiger partial charge in [-0.1, -0.05) is 26.0 Å². The Morgan fingerprint density at radius 1 is 1.27 bits per heavy atom. The fourth-order valence-electron chi connectivity index (χ4n) is 1.24. The first kappa shape index (κ1) is 12.2. The van der Waals surface area contributed by atoms with Crippen molar-refractivity contribution in [1.82, 2.24) is 0 Å². The molecule has 3 heteroatoms. The van der Waals surface area contributed by atoms with E-state index in [1.165, 1.54) is 0 Å². The fraction of sp³-hybridized carbons (Fsp3) is 0.500. The zero-order valence-electron chi connectivity index (χ0n) is 9.40. The lowest BCUT2D eigenvalue weighted by Gasteiger charge is -2.05. The summed E-state index contributed by atoms with van der Waals surface area (Å²) in [7, 11) is -0.739. The molecular weight excluding hydrogens is 206 g/mol. The van der Waals surface area contributed by atoms with Gasteiger partial charge >= 0.3 is 0 Å². The minimum atomic E-state index is -0.739. The van der Waals surface area contributed by atoms with Gasteiger partial charge in [-0.2, -0.15) is 0 Å². The Labute approximate surface area is 94.3 Å². The van der Waals surface area contributed by atoms with Crippen LogP contribution >= 0.6 is 0 Å². The van der Waals surface area contributed by atoms with E-state index in [-0.39, 0.29) is 0 Å². The number of nitrogens with two attached hydrogens (primary N) is 1. The highest BCUT2D eigenvalue weighted by Gasteiger charge is 2.03. The number of hydrogen-bond acceptors (Lipinski definition) is 2. The highest BCUT2D eigenvalue weighted by atomic mass is 32.2. The summed E-state index contributed by atoms with van der Waals surface area (Å²) in [5, 5.41) is 0. The molecule has 0 heterocycles. The molecule has 0 amide bonds. The molecule has 0 aliphatic rings. The molecule has 15 heavy (non-hydrogen) atoms. The van der Waals surface area contributed by atoms with Crippen LogP contribution in [0, 0.1) is 5.92 Å². The molecule has 84 valence electrons. The Kier molecular flexibility index (Phi) is 4.82. The van der Waals surface area contributed by atoms with Gasteiger partial charge in [0.25, 0.3) is 0 Å². The second-order valence-corrected chi connectivity index (χ2v) is 5.79. The number of rotatable bonds is 5. The van der Waals surface area contributed by atoms with E-state index in [1.54, 1.807) is 0 Å². The first-order chi connectivity index (χ1) is 7.08. The highest BCUT2D eigenvalue weighted by molar-refractivity contribution is 7.84. The van der Waals surface area contributed by atoms with Crippen molar-refractivity contribution in [2.45, 2.75) is 26.0 Å². The van der Waals surface area contributed by atoms with Crippen LogP contribution < -0.4 is 5.73 Å². The summed E-state index contributed by atoms with van der Waals surface area (Å²) in [5.74, 6) is 2.06. The number of hydrogen-bond donors (Lipinski definition) is 1. The molecular formula is C12H19NOS. The van der Waals surface area contributed by atoms with Gasteiger partial charge in [0.2, 0.25) is 0 Å². The summed E-state index contributed by atoms with van der Waals surface area (Å²) in [4.78, 5) is 0. The van der Waals surface area contributed by atoms with E-state index < -0.39 is 10.8 Å². The summed E-state index contributed by atoms with van der Waals surface area (Å²) >= 11 is 0. The van der Waals surface area contributed by atoms with Crippen LogP contribution in [0.25, 0.3) is 0 Å². The summed E-state index contributed by atoms with van der Waals surface area (Å²) < 4.78 is 11.7. The molecule has 1 atom stereocenters. The maximum atomic E-state index is 11.7. The molecule has 1 rings (SSSR count). The Hall–Kier alpha value is -0.830. The standard InChI is InChI=1S/C12H19NOS/c1-10(2)7-8-15(14)9-11-3-5-12(13)6-4-11/h3-6,10H,7-9,13H2,1-2H3. The van der Waals surface area contributed by atoms with Gasteiger partial charge in [0.05, 0.1) is 0 Å². The minimum Gasteiger partial charge on any atom is -0.399 e. The molecule has 1 aromatic rings. The second kappa shape index (κ2) is 5.91. The van der Waals surface area contributed by atoms with Crippen LogP contribution in [-0.2, 0) is 16.6 Å². The molecule has 1 unspecified atom stereocenters. The van der Waals surface area contributed by atoms with Crippen LogP contribution in [0.1, 0.15) is 25.8 Å². The van der Waals surface area contributed by atoms with Gasteiger partial charge in [-0.05, 0) is 30.0 Å². The topological polar surface area (TPSA) is 43.1 Å². The summed E-state index contributed by atoms with van der Waals surface area (Å²) in [6.07, 6.45) is 1.03. The number of nitrogen functional groups attached to an aromatic ring is 1. The molecule has 0 aliphatic carbocycles. The lowest BCUT2D eigenvalue weighted by atomic mass is 10.2. The quantitative estimate of drug-likeness (QED) is 0.783. The van der Waals surface area contributed by atoms with E-state index in [1.807, 2.05) is 24.3 Å². The van der Waals surface area contributed by atoms with Gasteiger partial charge in [0.1, 0.15) is 0 Å². The van der Waals surface area contributed by atoms with Crippen molar-refractivity contribution in [3.8, 4) is 0 Å². The van der Waals surface area contributed by atoms with Gasteiger partial charge in [-0.25, -0.2) is 0 Å². The molecule has 0 radical (unpaired) electrons. The van der Waals surface area contributed by atoms with Gasteiger partial charge < -0.3 is 5.73 Å². The van der Waals surface area contributed by atoms with Crippen molar-refractivity contribution in [2.75, 3.05) is 11.5 Å². The number of anilines is 1. The normalized spacial score (nSPS) is 13.0. The molecule has 2 N–H and O–H groups in total. The maximum absolute atomic E-state index is 11.7. The second-order valence-electron chi connectivity index (χ2n) is 4.21. The monoisotopic (exact) mass is 225 g/mol. The average Bonchev–Trinajstić information content (AvgIpc) is 2.19. The third-order valence-electron chi connectivity index (χ3n) is 2.23. The number of benzene rings is 1. The van der Waals surface area contributed by atoms with E-state index in [4.69, 9.17) is 5.73 Å². The predicted molar refractivity (Wildman–Crippen MR) is 67.0 cm³/mol. The Balaban J connectivity index is 2.41. The van der Waals surface area contributed by atoms with E-state index in [0.717, 1.165) is 23.4 Å². The van der Waals surface area contributed by atoms with E-state index in [9.17, 15) is 4.21 Å². The zero-order valence-corrected chi connectivity index (χ0v) is 10.2. The van der Waals surface area contributed by atoms with E-state index >= 15 is 0 Å². The Bertz CT molecular complexity index is 319. The van der Waals surface area contributed by atoms with Crippen molar-refractivity contribution in [3.05, 3.63) is 29.8 Å². The van der Waals surface area contributed by atoms with Crippen molar-refractivity contribution in [1.29, 1.82) is 0 Å². The van der Waals surface area contributed by atoms with Crippen molar-refractivity contribution >= 4 is 16.5 Å². The molecule has 0 aliphatic heterocycles. The van der Waals surface area contributed by atoms with Gasteiger partial charge in [0, 0.05) is 28.0 Å². The predicted octanol–water partition coefficient (Wildman–Crippen LogP) is 2.56. The summed E-state index contributed by atoms with van der Waals surface area (Å²) in [5.41, 5.74) is 7.44. The third kappa shape index (κ3) is 4.98. The molecule has 0 saturated carbocycles. The van der Waals surface area contributed by atoms with Crippen LogP contribution in [0.2, 0.25) is 0 Å². The highest BCUT2D eigenvalue weighted by Crippen LogP contribution is 2.09. The molecule has 0 aromatic heterocycles. The molecule has 0 fully saturated rings. The zero-order chi connectivity index (χ0) is 11.3. The molecule has 1 aromatic carbocycles. The van der Waals surface area contributed by atoms with Gasteiger partial charge in [-0.15, -0.1) is 0 Å². The maximum Gasteiger partial charge on any atom is 0.0485 e. The third-order valence-corrected chi connectivity index (χ3v) is 3.58. The SMILES string of the molecule is CC(C)CCS(=O)Cc1ccc(N)cc1. The van der Waals surface area contributed by atoms with Crippen molar-refractivity contribution in [2.24, 2.45) is 5.92 Å². The molecule has 0 saturated heterocycles. The van der Waals surface area contributed by atoms with Crippen molar-refractivity contribution < 1.29 is 4.21 Å². The molecule has 2 nitrogen and oxygen atoms in total. The first-order valence-corrected chi connectivity index (χ1v) is 6.76. The summed E-state index contributed by atoms with van der Waals surface area (Å²) in [6.45, 7) is 4.31. The van der Waals surface area contributed by atoms with Crippen LogP contribution in [0.3, 0.4) is 0 Å². The van der Waals surface area contributed by atoms with Crippen molar-refractivity contribution in [3.63, 3.8) is 0 Å². The Morgan fingerprint density at radius 3 is 2.40 bits per heavy atom. The molecule has 0 spiro atoms. The van der Waals surface area contributed by atoms with E-state index in [2.05, 4.69) is 13.8 Å². The van der Waals surface area contributed by atoms with Gasteiger partial charge in [0.15, 0.2) is 0 Å². The molecule has 0 bridgehead atoms. The lowest BCUT2D eigenvalue weighted by Crippen LogP contribution is -2.04. The minimum absolute atomic E-state index is 0.625. The van der Waals surface area contributed by atoms with Crippen LogP contribution in [-0.4, -0.2) is 9.96 Å². The van der Waals surface area contributed by atoms with Crippen LogP contribution in [0.5, 0.6) is 0 Å².